The van der Waals surface area contributed by atoms with E-state index in [4.69, 9.17) is 23.2 Å². The second-order valence-electron chi connectivity index (χ2n) is 6.34. The Morgan fingerprint density at radius 3 is 2.66 bits per heavy atom. The van der Waals surface area contributed by atoms with Gasteiger partial charge in [-0.15, -0.1) is 0 Å². The van der Waals surface area contributed by atoms with E-state index in [0.29, 0.717) is 38.5 Å². The number of anilines is 2. The van der Waals surface area contributed by atoms with Crippen molar-refractivity contribution >= 4 is 50.8 Å². The van der Waals surface area contributed by atoms with Crippen molar-refractivity contribution in [1.82, 2.24) is 30.4 Å². The minimum atomic E-state index is -0.485. The van der Waals surface area contributed by atoms with E-state index in [1.54, 1.807) is 22.9 Å². The monoisotopic (exact) mass is 489 g/mol. The van der Waals surface area contributed by atoms with E-state index in [2.05, 4.69) is 47.0 Å². The van der Waals surface area contributed by atoms with Gasteiger partial charge in [-0.3, -0.25) is 4.79 Å². The van der Waals surface area contributed by atoms with E-state index in [0.717, 1.165) is 10.0 Å². The second kappa shape index (κ2) is 6.94. The molecule has 0 fully saturated rings. The number of aromatic amines is 1. The number of tetrazole rings is 1. The SMILES string of the molecule is O=c1[nH]nc(-c2ccc(Cl)cc2Cl)c2c1Nc1nnnn1[C@H]2c1ccc(Br)cc1. The number of hydrogen-bond acceptors (Lipinski definition) is 6. The third kappa shape index (κ3) is 3.02. The Labute approximate surface area is 182 Å². The number of halogens is 3. The van der Waals surface area contributed by atoms with Gasteiger partial charge in [0.15, 0.2) is 0 Å². The molecule has 3 heterocycles. The molecule has 0 saturated carbocycles. The zero-order valence-electron chi connectivity index (χ0n) is 14.4. The molecule has 1 aliphatic rings. The second-order valence-corrected chi connectivity index (χ2v) is 8.10. The van der Waals surface area contributed by atoms with Crippen LogP contribution >= 0.6 is 39.1 Å². The molecular weight excluding hydrogens is 481 g/mol. The van der Waals surface area contributed by atoms with Crippen molar-refractivity contribution in [1.29, 1.82) is 0 Å². The zero-order valence-corrected chi connectivity index (χ0v) is 17.5. The van der Waals surface area contributed by atoms with Crippen LogP contribution in [0.4, 0.5) is 11.6 Å². The molecule has 0 saturated heterocycles. The van der Waals surface area contributed by atoms with Gasteiger partial charge in [0.1, 0.15) is 17.4 Å². The summed E-state index contributed by atoms with van der Waals surface area (Å²) in [5, 5.41) is 22.6. The Morgan fingerprint density at radius 1 is 1.10 bits per heavy atom. The highest BCUT2D eigenvalue weighted by molar-refractivity contribution is 9.10. The first-order valence-corrected chi connectivity index (χ1v) is 9.96. The average Bonchev–Trinajstić information content (AvgIpc) is 3.17. The molecule has 0 bridgehead atoms. The molecule has 0 aliphatic carbocycles. The molecule has 0 radical (unpaired) electrons. The Kier molecular flexibility index (Phi) is 4.38. The summed E-state index contributed by atoms with van der Waals surface area (Å²) < 4.78 is 2.54. The van der Waals surface area contributed by atoms with Crippen LogP contribution in [0.25, 0.3) is 11.3 Å². The summed E-state index contributed by atoms with van der Waals surface area (Å²) in [7, 11) is 0. The van der Waals surface area contributed by atoms with Gasteiger partial charge in [-0.2, -0.15) is 9.78 Å². The smallest absolute Gasteiger partial charge is 0.288 e. The Bertz CT molecular complexity index is 1300. The molecule has 144 valence electrons. The third-order valence-corrected chi connectivity index (χ3v) is 5.72. The first kappa shape index (κ1) is 18.3. The van der Waals surface area contributed by atoms with Gasteiger partial charge >= 0.3 is 0 Å². The van der Waals surface area contributed by atoms with Crippen LogP contribution in [0.1, 0.15) is 17.2 Å². The number of H-pyrrole nitrogens is 1. The predicted molar refractivity (Wildman–Crippen MR) is 113 cm³/mol. The quantitative estimate of drug-likeness (QED) is 0.384. The van der Waals surface area contributed by atoms with Gasteiger partial charge in [0.2, 0.25) is 5.95 Å². The van der Waals surface area contributed by atoms with Crippen molar-refractivity contribution in [2.45, 2.75) is 6.04 Å². The molecule has 2 aromatic heterocycles. The van der Waals surface area contributed by atoms with Gasteiger partial charge in [0, 0.05) is 20.6 Å². The lowest BCUT2D eigenvalue weighted by atomic mass is 9.92. The number of fused-ring (bicyclic) bond motifs is 2. The number of nitrogens with one attached hydrogen (secondary N) is 2. The fourth-order valence-electron chi connectivity index (χ4n) is 3.38. The summed E-state index contributed by atoms with van der Waals surface area (Å²) in [5.41, 5.74) is 2.55. The van der Waals surface area contributed by atoms with Crippen molar-refractivity contribution in [3.05, 3.63) is 78.5 Å². The molecule has 0 spiro atoms. The van der Waals surface area contributed by atoms with Crippen LogP contribution in [0.5, 0.6) is 0 Å². The van der Waals surface area contributed by atoms with Crippen LogP contribution in [-0.4, -0.2) is 30.4 Å². The van der Waals surface area contributed by atoms with E-state index in [-0.39, 0.29) is 5.56 Å². The largest absolute Gasteiger partial charge is 0.318 e. The van der Waals surface area contributed by atoms with Crippen molar-refractivity contribution in [3.8, 4) is 11.3 Å². The fourth-order valence-corrected chi connectivity index (χ4v) is 4.14. The third-order valence-electron chi connectivity index (χ3n) is 4.64. The lowest BCUT2D eigenvalue weighted by Crippen LogP contribution is -2.29. The Balaban J connectivity index is 1.83. The average molecular weight is 491 g/mol. The van der Waals surface area contributed by atoms with Crippen LogP contribution in [-0.2, 0) is 0 Å². The van der Waals surface area contributed by atoms with Crippen molar-refractivity contribution in [3.63, 3.8) is 0 Å². The summed E-state index contributed by atoms with van der Waals surface area (Å²) in [6.45, 7) is 0. The summed E-state index contributed by atoms with van der Waals surface area (Å²) >= 11 is 16.0. The van der Waals surface area contributed by atoms with E-state index in [1.807, 2.05) is 24.3 Å². The fraction of sp³-hybridized carbons (Fsp3) is 0.0556. The summed E-state index contributed by atoms with van der Waals surface area (Å²) in [6, 6.07) is 12.3. The Hall–Kier alpha value is -2.75. The molecular formula is C18H10BrCl2N7O. The van der Waals surface area contributed by atoms with Gasteiger partial charge in [0.25, 0.3) is 5.56 Å². The maximum Gasteiger partial charge on any atom is 0.288 e. The summed E-state index contributed by atoms with van der Waals surface area (Å²) in [6.07, 6.45) is 0. The lowest BCUT2D eigenvalue weighted by molar-refractivity contribution is 0.567. The first-order valence-electron chi connectivity index (χ1n) is 8.41. The standard InChI is InChI=1S/C18H10BrCl2N7O/c19-9-3-1-8(2-4-9)16-13-14(11-6-5-10(20)7-12(11)21)23-24-17(29)15(13)22-18-25-26-27-28(16)18/h1-7,16H,(H,24,29)(H,22,25,27)/t16-/m0/s1. The van der Waals surface area contributed by atoms with Crippen LogP contribution in [0.15, 0.2) is 51.7 Å². The highest BCUT2D eigenvalue weighted by atomic mass is 79.9. The zero-order chi connectivity index (χ0) is 20.1. The van der Waals surface area contributed by atoms with Gasteiger partial charge < -0.3 is 5.32 Å². The number of benzene rings is 2. The van der Waals surface area contributed by atoms with Crippen LogP contribution in [0, 0.1) is 0 Å². The predicted octanol–water partition coefficient (Wildman–Crippen LogP) is 4.19. The van der Waals surface area contributed by atoms with Crippen molar-refractivity contribution < 1.29 is 0 Å². The van der Waals surface area contributed by atoms with E-state index >= 15 is 0 Å². The van der Waals surface area contributed by atoms with Gasteiger partial charge in [-0.25, -0.2) is 5.10 Å². The Morgan fingerprint density at radius 2 is 1.90 bits per heavy atom. The van der Waals surface area contributed by atoms with Gasteiger partial charge in [0.05, 0.1) is 5.02 Å². The number of nitrogens with zero attached hydrogens (tertiary/aromatic N) is 5. The number of rotatable bonds is 2. The molecule has 2 N–H and O–H groups in total. The molecule has 2 aromatic carbocycles. The maximum atomic E-state index is 12.6. The molecule has 11 heteroatoms. The lowest BCUT2D eigenvalue weighted by Gasteiger charge is -2.28. The first-order chi connectivity index (χ1) is 14.0. The van der Waals surface area contributed by atoms with E-state index < -0.39 is 6.04 Å². The summed E-state index contributed by atoms with van der Waals surface area (Å²) in [4.78, 5) is 12.6. The number of aromatic nitrogens is 6. The molecule has 8 nitrogen and oxygen atoms in total. The van der Waals surface area contributed by atoms with Gasteiger partial charge in [-0.05, 0) is 46.3 Å². The normalized spacial score (nSPS) is 14.8. The molecule has 1 atom stereocenters. The van der Waals surface area contributed by atoms with Crippen molar-refractivity contribution in [2.75, 3.05) is 5.32 Å². The number of hydrogen-bond donors (Lipinski definition) is 2. The topological polar surface area (TPSA) is 101 Å². The van der Waals surface area contributed by atoms with Crippen LogP contribution in [0.3, 0.4) is 0 Å². The van der Waals surface area contributed by atoms with Crippen LogP contribution < -0.4 is 10.9 Å². The van der Waals surface area contributed by atoms with Gasteiger partial charge in [-0.1, -0.05) is 56.4 Å². The van der Waals surface area contributed by atoms with Crippen LogP contribution in [0.2, 0.25) is 10.0 Å². The molecule has 29 heavy (non-hydrogen) atoms. The molecule has 1 aliphatic heterocycles. The molecule has 0 amide bonds. The molecule has 0 unspecified atom stereocenters. The molecule has 4 aromatic rings. The highest BCUT2D eigenvalue weighted by Gasteiger charge is 2.34. The van der Waals surface area contributed by atoms with E-state index in [1.165, 1.54) is 0 Å². The minimum Gasteiger partial charge on any atom is -0.318 e. The minimum absolute atomic E-state index is 0.316. The van der Waals surface area contributed by atoms with Crippen molar-refractivity contribution in [2.24, 2.45) is 0 Å². The highest BCUT2D eigenvalue weighted by Crippen LogP contribution is 2.42. The summed E-state index contributed by atoms with van der Waals surface area (Å²) in [5.74, 6) is 0.357. The molecule has 5 rings (SSSR count). The van der Waals surface area contributed by atoms with E-state index in [9.17, 15) is 4.79 Å². The maximum absolute atomic E-state index is 12.6.